The van der Waals surface area contributed by atoms with Gasteiger partial charge in [-0.05, 0) is 34.5 Å². The minimum absolute atomic E-state index is 0.0971. The molecule has 1 heterocycles. The highest BCUT2D eigenvalue weighted by Gasteiger charge is 2.52. The van der Waals surface area contributed by atoms with Crippen molar-refractivity contribution >= 4 is 16.7 Å². The van der Waals surface area contributed by atoms with Crippen LogP contribution in [0.2, 0.25) is 0 Å². The summed E-state index contributed by atoms with van der Waals surface area (Å²) in [6.45, 7) is -0.0976. The number of alkyl halides is 3. The number of methoxy groups -OCH3 is 1. The zero-order valence-corrected chi connectivity index (χ0v) is 13.6. The Bertz CT molecular complexity index is 791. The first-order valence-electron chi connectivity index (χ1n) is 7.86. The maximum Gasteiger partial charge on any atom is 0.393 e. The maximum absolute atomic E-state index is 13.1. The fourth-order valence-corrected chi connectivity index (χ4v) is 3.35. The molecule has 0 amide bonds. The smallest absolute Gasteiger partial charge is 0.393 e. The number of carboxylic acid groups (broad SMARTS) is 1. The van der Waals surface area contributed by atoms with Crippen molar-refractivity contribution in [1.82, 2.24) is 4.90 Å². The highest BCUT2D eigenvalue weighted by molar-refractivity contribution is 5.84. The summed E-state index contributed by atoms with van der Waals surface area (Å²) >= 11 is 0. The third-order valence-corrected chi connectivity index (χ3v) is 4.65. The van der Waals surface area contributed by atoms with E-state index in [1.807, 2.05) is 36.4 Å². The Morgan fingerprint density at radius 3 is 2.48 bits per heavy atom. The van der Waals surface area contributed by atoms with E-state index in [1.165, 1.54) is 0 Å². The monoisotopic (exact) mass is 353 g/mol. The molecule has 7 heteroatoms. The summed E-state index contributed by atoms with van der Waals surface area (Å²) in [5.41, 5.74) is 0.852. The van der Waals surface area contributed by atoms with E-state index in [0.717, 1.165) is 22.1 Å². The van der Waals surface area contributed by atoms with Crippen molar-refractivity contribution in [1.29, 1.82) is 0 Å². The molecule has 1 fully saturated rings. The van der Waals surface area contributed by atoms with Crippen LogP contribution in [0.1, 0.15) is 5.56 Å². The molecule has 1 saturated heterocycles. The van der Waals surface area contributed by atoms with Gasteiger partial charge in [-0.1, -0.05) is 18.2 Å². The van der Waals surface area contributed by atoms with Crippen molar-refractivity contribution in [2.45, 2.75) is 12.7 Å². The summed E-state index contributed by atoms with van der Waals surface area (Å²) in [6, 6.07) is 11.2. The average Bonchev–Trinajstić information content (AvgIpc) is 2.99. The summed E-state index contributed by atoms with van der Waals surface area (Å²) in [5, 5.41) is 11.0. The van der Waals surface area contributed by atoms with Gasteiger partial charge in [0.2, 0.25) is 0 Å². The van der Waals surface area contributed by atoms with E-state index in [9.17, 15) is 18.0 Å². The van der Waals surface area contributed by atoms with Crippen LogP contribution in [0.15, 0.2) is 36.4 Å². The average molecular weight is 353 g/mol. The lowest BCUT2D eigenvalue weighted by atomic mass is 9.96. The Labute approximate surface area is 142 Å². The van der Waals surface area contributed by atoms with Crippen LogP contribution in [-0.2, 0) is 11.3 Å². The molecular formula is C18H18F3NO3. The van der Waals surface area contributed by atoms with Crippen molar-refractivity contribution < 1.29 is 27.8 Å². The first kappa shape index (κ1) is 17.5. The quantitative estimate of drug-likeness (QED) is 0.913. The van der Waals surface area contributed by atoms with Crippen molar-refractivity contribution in [3.05, 3.63) is 42.0 Å². The normalized spacial score (nSPS) is 21.6. The van der Waals surface area contributed by atoms with Gasteiger partial charge in [0.15, 0.2) is 0 Å². The zero-order chi connectivity index (χ0) is 18.2. The third-order valence-electron chi connectivity index (χ3n) is 4.65. The minimum Gasteiger partial charge on any atom is -0.497 e. The van der Waals surface area contributed by atoms with Gasteiger partial charge in [-0.3, -0.25) is 9.69 Å². The lowest BCUT2D eigenvalue weighted by Gasteiger charge is -2.18. The van der Waals surface area contributed by atoms with Gasteiger partial charge in [0, 0.05) is 19.6 Å². The largest absolute Gasteiger partial charge is 0.497 e. The van der Waals surface area contributed by atoms with E-state index in [4.69, 9.17) is 9.84 Å². The lowest BCUT2D eigenvalue weighted by Crippen LogP contribution is -2.33. The van der Waals surface area contributed by atoms with Gasteiger partial charge in [-0.15, -0.1) is 0 Å². The summed E-state index contributed by atoms with van der Waals surface area (Å²) in [6.07, 6.45) is -4.50. The Morgan fingerprint density at radius 1 is 1.20 bits per heavy atom. The van der Waals surface area contributed by atoms with E-state index in [2.05, 4.69) is 0 Å². The summed E-state index contributed by atoms with van der Waals surface area (Å²) in [4.78, 5) is 12.7. The molecule has 0 bridgehead atoms. The van der Waals surface area contributed by atoms with E-state index in [-0.39, 0.29) is 13.1 Å². The molecular weight excluding hydrogens is 335 g/mol. The maximum atomic E-state index is 13.1. The van der Waals surface area contributed by atoms with Gasteiger partial charge in [0.25, 0.3) is 0 Å². The van der Waals surface area contributed by atoms with Crippen LogP contribution < -0.4 is 4.74 Å². The van der Waals surface area contributed by atoms with Crippen molar-refractivity contribution in [2.24, 2.45) is 11.8 Å². The molecule has 1 aliphatic rings. The number of aliphatic carboxylic acids is 1. The van der Waals surface area contributed by atoms with Crippen LogP contribution in [0.3, 0.4) is 0 Å². The summed E-state index contributed by atoms with van der Waals surface area (Å²) < 4.78 is 44.4. The Balaban J connectivity index is 1.78. The van der Waals surface area contributed by atoms with Crippen molar-refractivity contribution in [3.8, 4) is 5.75 Å². The van der Waals surface area contributed by atoms with Crippen molar-refractivity contribution in [3.63, 3.8) is 0 Å². The number of hydrogen-bond donors (Lipinski definition) is 1. The lowest BCUT2D eigenvalue weighted by molar-refractivity contribution is -0.188. The Kier molecular flexibility index (Phi) is 4.60. The summed E-state index contributed by atoms with van der Waals surface area (Å²) in [7, 11) is 1.58. The van der Waals surface area contributed by atoms with Crippen molar-refractivity contribution in [2.75, 3.05) is 20.2 Å². The second-order valence-electron chi connectivity index (χ2n) is 6.33. The van der Waals surface area contributed by atoms with Crippen LogP contribution in [-0.4, -0.2) is 42.4 Å². The molecule has 2 atom stereocenters. The van der Waals surface area contributed by atoms with Crippen LogP contribution in [0.5, 0.6) is 5.75 Å². The van der Waals surface area contributed by atoms with E-state index >= 15 is 0 Å². The molecule has 2 aromatic carbocycles. The molecule has 25 heavy (non-hydrogen) atoms. The number of carboxylic acids is 1. The van der Waals surface area contributed by atoms with Crippen LogP contribution in [0.4, 0.5) is 13.2 Å². The number of benzene rings is 2. The standard InChI is InChI=1S/C18H18F3NO3/c1-25-14-5-4-12-6-11(2-3-13(12)7-14)8-22-9-15(17(23)24)16(10-22)18(19,20)21/h2-7,15-16H,8-10H2,1H3,(H,23,24)/t15-,16-/m1/s1. The first-order valence-corrected chi connectivity index (χ1v) is 7.86. The molecule has 134 valence electrons. The van der Waals surface area contributed by atoms with E-state index in [1.54, 1.807) is 12.0 Å². The van der Waals surface area contributed by atoms with Gasteiger partial charge in [-0.25, -0.2) is 0 Å². The number of rotatable bonds is 4. The SMILES string of the molecule is COc1ccc2cc(CN3C[C@@H](C(F)(F)F)[C@H](C(=O)O)C3)ccc2c1. The number of carbonyl (C=O) groups is 1. The van der Waals surface area contributed by atoms with Gasteiger partial charge in [0.05, 0.1) is 18.9 Å². The Hall–Kier alpha value is -2.28. The van der Waals surface area contributed by atoms with Gasteiger partial charge < -0.3 is 9.84 Å². The van der Waals surface area contributed by atoms with Crippen LogP contribution >= 0.6 is 0 Å². The number of ether oxygens (including phenoxy) is 1. The topological polar surface area (TPSA) is 49.8 Å². The van der Waals surface area contributed by atoms with E-state index < -0.39 is 24.0 Å². The highest BCUT2D eigenvalue weighted by atomic mass is 19.4. The van der Waals surface area contributed by atoms with Gasteiger partial charge >= 0.3 is 12.1 Å². The predicted molar refractivity (Wildman–Crippen MR) is 86.4 cm³/mol. The van der Waals surface area contributed by atoms with Gasteiger partial charge in [0.1, 0.15) is 5.75 Å². The molecule has 0 aliphatic carbocycles. The molecule has 2 aromatic rings. The predicted octanol–water partition coefficient (Wildman–Crippen LogP) is 3.54. The first-order chi connectivity index (χ1) is 11.8. The Morgan fingerprint density at radius 2 is 1.88 bits per heavy atom. The van der Waals surface area contributed by atoms with Crippen LogP contribution in [0.25, 0.3) is 10.8 Å². The molecule has 0 unspecified atom stereocenters. The molecule has 1 aliphatic heterocycles. The van der Waals surface area contributed by atoms with Crippen LogP contribution in [0, 0.1) is 11.8 Å². The number of hydrogen-bond acceptors (Lipinski definition) is 3. The second kappa shape index (κ2) is 6.55. The molecule has 0 aromatic heterocycles. The molecule has 0 saturated carbocycles. The molecule has 4 nitrogen and oxygen atoms in total. The number of halogens is 3. The third kappa shape index (κ3) is 3.71. The summed E-state index contributed by atoms with van der Waals surface area (Å²) in [5.74, 6) is -3.90. The van der Waals surface area contributed by atoms with E-state index in [0.29, 0.717) is 6.54 Å². The highest BCUT2D eigenvalue weighted by Crippen LogP contribution is 2.38. The number of likely N-dealkylation sites (tertiary alicyclic amines) is 1. The zero-order valence-electron chi connectivity index (χ0n) is 13.6. The molecule has 0 radical (unpaired) electrons. The minimum atomic E-state index is -4.50. The number of nitrogens with zero attached hydrogens (tertiary/aromatic N) is 1. The number of fused-ring (bicyclic) bond motifs is 1. The van der Waals surface area contributed by atoms with Gasteiger partial charge in [-0.2, -0.15) is 13.2 Å². The fourth-order valence-electron chi connectivity index (χ4n) is 3.35. The second-order valence-corrected chi connectivity index (χ2v) is 6.33. The molecule has 0 spiro atoms. The fraction of sp³-hybridized carbons (Fsp3) is 0.389. The molecule has 1 N–H and O–H groups in total. The molecule has 3 rings (SSSR count).